The first-order valence-corrected chi connectivity index (χ1v) is 14.8. The predicted octanol–water partition coefficient (Wildman–Crippen LogP) is 4.23. The van der Waals surface area contributed by atoms with Gasteiger partial charge in [0.05, 0.1) is 33.2 Å². The van der Waals surface area contributed by atoms with Gasteiger partial charge in [0, 0.05) is 61.9 Å². The van der Waals surface area contributed by atoms with Crippen molar-refractivity contribution in [2.24, 2.45) is 0 Å². The Balaban J connectivity index is 1.09. The molecule has 10 nitrogen and oxygen atoms in total. The molecule has 2 aliphatic rings. The van der Waals surface area contributed by atoms with E-state index in [0.717, 1.165) is 55.4 Å². The van der Waals surface area contributed by atoms with E-state index in [0.29, 0.717) is 41.9 Å². The summed E-state index contributed by atoms with van der Waals surface area (Å²) in [5.41, 5.74) is 2.93. The number of rotatable bonds is 11. The molecule has 1 amide bonds. The fourth-order valence-corrected chi connectivity index (χ4v) is 5.90. The highest BCUT2D eigenvalue weighted by Crippen LogP contribution is 2.38. The summed E-state index contributed by atoms with van der Waals surface area (Å²) in [5, 5.41) is 3.52. The Bertz CT molecular complexity index is 1280. The number of halogens is 1. The molecular formula is C30H39BrN6O4. The van der Waals surface area contributed by atoms with Gasteiger partial charge in [0.15, 0.2) is 17.4 Å². The zero-order chi connectivity index (χ0) is 28.8. The second kappa shape index (κ2) is 13.6. The van der Waals surface area contributed by atoms with E-state index in [-0.39, 0.29) is 5.91 Å². The maximum Gasteiger partial charge on any atom is 0.254 e. The first-order valence-electron chi connectivity index (χ1n) is 14.0. The molecule has 1 unspecified atom stereocenters. The van der Waals surface area contributed by atoms with Crippen molar-refractivity contribution in [1.82, 2.24) is 24.7 Å². The van der Waals surface area contributed by atoms with E-state index in [1.807, 2.05) is 11.1 Å². The van der Waals surface area contributed by atoms with E-state index in [1.165, 1.54) is 18.4 Å². The van der Waals surface area contributed by atoms with Gasteiger partial charge in [-0.2, -0.15) is 0 Å². The lowest BCUT2D eigenvalue weighted by Crippen LogP contribution is -2.48. The van der Waals surface area contributed by atoms with Crippen LogP contribution in [-0.2, 0) is 13.1 Å². The van der Waals surface area contributed by atoms with Gasteiger partial charge in [0.1, 0.15) is 0 Å². The highest BCUT2D eigenvalue weighted by atomic mass is 79.9. The van der Waals surface area contributed by atoms with Gasteiger partial charge >= 0.3 is 0 Å². The number of piperazine rings is 1. The topological polar surface area (TPSA) is 95.2 Å². The third-order valence-electron chi connectivity index (χ3n) is 7.90. The number of hydrogen-bond donors (Lipinski definition) is 2. The van der Waals surface area contributed by atoms with E-state index >= 15 is 0 Å². The molecule has 3 heterocycles. The number of amides is 1. The van der Waals surface area contributed by atoms with Crippen molar-refractivity contribution >= 4 is 27.8 Å². The molecule has 1 atom stereocenters. The Morgan fingerprint density at radius 3 is 2.37 bits per heavy atom. The van der Waals surface area contributed by atoms with E-state index in [2.05, 4.69) is 65.3 Å². The number of benzene rings is 2. The number of carbonyl (C=O) groups excluding carboxylic acids is 1. The van der Waals surface area contributed by atoms with E-state index in [9.17, 15) is 4.79 Å². The molecule has 2 saturated heterocycles. The van der Waals surface area contributed by atoms with Crippen LogP contribution in [0.4, 0.5) is 5.95 Å². The number of ether oxygens (including phenoxy) is 3. The molecule has 0 radical (unpaired) electrons. The Labute approximate surface area is 250 Å². The number of likely N-dealkylation sites (tertiary alicyclic amines) is 1. The van der Waals surface area contributed by atoms with Crippen LogP contribution in [0.15, 0.2) is 47.1 Å². The van der Waals surface area contributed by atoms with Crippen LogP contribution in [-0.4, -0.2) is 97.2 Å². The number of nitrogens with one attached hydrogen (secondary N) is 2. The normalized spacial score (nSPS) is 18.0. The smallest absolute Gasteiger partial charge is 0.254 e. The molecule has 0 aliphatic carbocycles. The Morgan fingerprint density at radius 2 is 1.71 bits per heavy atom. The third kappa shape index (κ3) is 7.14. The highest BCUT2D eigenvalue weighted by molar-refractivity contribution is 9.10. The fourth-order valence-electron chi connectivity index (χ4n) is 5.64. The van der Waals surface area contributed by atoms with E-state index in [4.69, 9.17) is 14.2 Å². The summed E-state index contributed by atoms with van der Waals surface area (Å²) in [7, 11) is 4.65. The summed E-state index contributed by atoms with van der Waals surface area (Å²) in [5.74, 6) is 2.20. The van der Waals surface area contributed by atoms with Gasteiger partial charge in [-0.3, -0.25) is 14.6 Å². The quantitative estimate of drug-likeness (QED) is 0.326. The molecule has 0 spiro atoms. The number of hydrogen-bond acceptors (Lipinski definition) is 8. The van der Waals surface area contributed by atoms with Gasteiger partial charge in [-0.25, -0.2) is 4.98 Å². The number of imidazole rings is 1. The summed E-state index contributed by atoms with van der Waals surface area (Å²) in [6.07, 6.45) is 4.32. The minimum atomic E-state index is -0.0435. The molecule has 11 heteroatoms. The zero-order valence-corrected chi connectivity index (χ0v) is 25.6. The van der Waals surface area contributed by atoms with Gasteiger partial charge < -0.3 is 29.4 Å². The van der Waals surface area contributed by atoms with Crippen LogP contribution < -0.4 is 19.5 Å². The largest absolute Gasteiger partial charge is 0.493 e. The van der Waals surface area contributed by atoms with Crippen molar-refractivity contribution in [3.05, 3.63) is 63.9 Å². The second-order valence-corrected chi connectivity index (χ2v) is 11.4. The average molecular weight is 628 g/mol. The SMILES string of the molecule is COc1cc(C(=O)N2CCN(Cc3cnc(NCC4CCCN4Cc4ccc(Br)cc4)[nH]3)CC2)cc(OC)c1OC. The van der Waals surface area contributed by atoms with Crippen molar-refractivity contribution in [1.29, 1.82) is 0 Å². The van der Waals surface area contributed by atoms with Gasteiger partial charge in [0.25, 0.3) is 5.91 Å². The number of anilines is 1. The van der Waals surface area contributed by atoms with E-state index < -0.39 is 0 Å². The fraction of sp³-hybridized carbons (Fsp3) is 0.467. The van der Waals surface area contributed by atoms with Crippen LogP contribution in [0, 0.1) is 0 Å². The van der Waals surface area contributed by atoms with Gasteiger partial charge in [-0.1, -0.05) is 28.1 Å². The van der Waals surface area contributed by atoms with Crippen LogP contribution in [0.2, 0.25) is 0 Å². The monoisotopic (exact) mass is 626 g/mol. The van der Waals surface area contributed by atoms with Crippen molar-refractivity contribution in [3.63, 3.8) is 0 Å². The number of nitrogens with zero attached hydrogens (tertiary/aromatic N) is 4. The number of methoxy groups -OCH3 is 3. The molecule has 2 aliphatic heterocycles. The molecule has 3 aromatic rings. The van der Waals surface area contributed by atoms with Crippen LogP contribution in [0.3, 0.4) is 0 Å². The first-order chi connectivity index (χ1) is 20.0. The second-order valence-electron chi connectivity index (χ2n) is 10.5. The summed E-state index contributed by atoms with van der Waals surface area (Å²) in [4.78, 5) is 28.0. The number of aromatic amines is 1. The molecule has 0 saturated carbocycles. The third-order valence-corrected chi connectivity index (χ3v) is 8.43. The lowest BCUT2D eigenvalue weighted by molar-refractivity contribution is 0.0626. The summed E-state index contributed by atoms with van der Waals surface area (Å²) in [6.45, 7) is 6.58. The molecule has 220 valence electrons. The number of carbonyl (C=O) groups is 1. The van der Waals surface area contributed by atoms with Crippen molar-refractivity contribution < 1.29 is 19.0 Å². The molecule has 0 bridgehead atoms. The van der Waals surface area contributed by atoms with E-state index in [1.54, 1.807) is 33.5 Å². The summed E-state index contributed by atoms with van der Waals surface area (Å²) >= 11 is 3.52. The molecule has 2 fully saturated rings. The van der Waals surface area contributed by atoms with Gasteiger partial charge in [-0.05, 0) is 49.2 Å². The number of aromatic nitrogens is 2. The first kappa shape index (κ1) is 29.2. The predicted molar refractivity (Wildman–Crippen MR) is 162 cm³/mol. The molecule has 1 aromatic heterocycles. The van der Waals surface area contributed by atoms with Crippen LogP contribution in [0.25, 0.3) is 0 Å². The minimum absolute atomic E-state index is 0.0435. The van der Waals surface area contributed by atoms with Gasteiger partial charge in [0.2, 0.25) is 5.75 Å². The summed E-state index contributed by atoms with van der Waals surface area (Å²) < 4.78 is 17.3. The Kier molecular flexibility index (Phi) is 9.68. The van der Waals surface area contributed by atoms with Crippen LogP contribution in [0.1, 0.15) is 34.5 Å². The van der Waals surface area contributed by atoms with Crippen LogP contribution in [0.5, 0.6) is 17.2 Å². The van der Waals surface area contributed by atoms with Crippen molar-refractivity contribution in [3.8, 4) is 17.2 Å². The minimum Gasteiger partial charge on any atom is -0.493 e. The standard InChI is InChI=1S/C30H39BrN6O4/c1-39-26-15-22(16-27(40-2)28(26)41-3)29(38)36-13-11-35(12-14-36)20-24-17-32-30(34-24)33-18-25-5-4-10-37(25)19-21-6-8-23(31)9-7-21/h6-9,15-17,25H,4-5,10-14,18-20H2,1-3H3,(H2,32,33,34). The van der Waals surface area contributed by atoms with Gasteiger partial charge in [-0.15, -0.1) is 0 Å². The number of H-pyrrole nitrogens is 1. The maximum absolute atomic E-state index is 13.2. The molecule has 2 aromatic carbocycles. The maximum atomic E-state index is 13.2. The molecule has 41 heavy (non-hydrogen) atoms. The van der Waals surface area contributed by atoms with Crippen molar-refractivity contribution in [2.45, 2.75) is 32.0 Å². The Morgan fingerprint density at radius 1 is 1.00 bits per heavy atom. The highest BCUT2D eigenvalue weighted by Gasteiger charge is 2.26. The molecular weight excluding hydrogens is 588 g/mol. The Hall–Kier alpha value is -3.28. The van der Waals surface area contributed by atoms with Crippen LogP contribution >= 0.6 is 15.9 Å². The zero-order valence-electron chi connectivity index (χ0n) is 24.0. The molecule has 5 rings (SSSR count). The molecule has 2 N–H and O–H groups in total. The summed E-state index contributed by atoms with van der Waals surface area (Å²) in [6, 6.07) is 12.5. The lowest BCUT2D eigenvalue weighted by atomic mass is 10.1. The van der Waals surface area contributed by atoms with Crippen molar-refractivity contribution in [2.75, 3.05) is 65.9 Å². The lowest BCUT2D eigenvalue weighted by Gasteiger charge is -2.34. The average Bonchev–Trinajstić information content (AvgIpc) is 3.65.